The van der Waals surface area contributed by atoms with Crippen LogP contribution < -0.4 is 5.32 Å². The number of hydrogen-bond donors (Lipinski definition) is 2. The van der Waals surface area contributed by atoms with Crippen LogP contribution in [0.5, 0.6) is 0 Å². The number of carboxylic acid groups (broad SMARTS) is 1. The molecule has 0 aliphatic heterocycles. The molecule has 0 aliphatic carbocycles. The highest BCUT2D eigenvalue weighted by molar-refractivity contribution is 5.79. The molecule has 1 atom stereocenters. The second-order valence-corrected chi connectivity index (χ2v) is 4.08. The zero-order chi connectivity index (χ0) is 14.7. The first-order valence-corrected chi connectivity index (χ1v) is 5.68. The Balaban J connectivity index is 2.32. The molecule has 0 aliphatic rings. The van der Waals surface area contributed by atoms with Gasteiger partial charge in [0.2, 0.25) is 0 Å². The van der Waals surface area contributed by atoms with Crippen molar-refractivity contribution in [1.82, 2.24) is 0 Å². The van der Waals surface area contributed by atoms with Crippen LogP contribution in [0.15, 0.2) is 42.5 Å². The lowest BCUT2D eigenvalue weighted by Gasteiger charge is -2.16. The highest BCUT2D eigenvalue weighted by Crippen LogP contribution is 2.23. The number of carbonyl (C=O) groups is 1. The van der Waals surface area contributed by atoms with Gasteiger partial charge in [-0.15, -0.1) is 0 Å². The lowest BCUT2D eigenvalue weighted by Crippen LogP contribution is -2.20. The van der Waals surface area contributed by atoms with Crippen LogP contribution in [0.1, 0.15) is 11.6 Å². The van der Waals surface area contributed by atoms with Crippen molar-refractivity contribution in [2.24, 2.45) is 0 Å². The van der Waals surface area contributed by atoms with Crippen molar-refractivity contribution in [2.45, 2.75) is 6.04 Å². The predicted octanol–water partition coefficient (Wildman–Crippen LogP) is 3.34. The summed E-state index contributed by atoms with van der Waals surface area (Å²) in [5, 5.41) is 11.6. The molecule has 2 aromatic rings. The van der Waals surface area contributed by atoms with Gasteiger partial charge in [0.1, 0.15) is 0 Å². The lowest BCUT2D eigenvalue weighted by molar-refractivity contribution is -0.138. The average molecular weight is 281 g/mol. The number of carboxylic acids is 1. The van der Waals surface area contributed by atoms with Crippen molar-refractivity contribution in [3.63, 3.8) is 0 Å². The van der Waals surface area contributed by atoms with Gasteiger partial charge in [-0.25, -0.2) is 18.0 Å². The molecule has 0 heterocycles. The second-order valence-electron chi connectivity index (χ2n) is 4.08. The van der Waals surface area contributed by atoms with E-state index in [-0.39, 0.29) is 5.69 Å². The van der Waals surface area contributed by atoms with Gasteiger partial charge in [0.05, 0.1) is 0 Å². The number of aliphatic carboxylic acids is 1. The first-order valence-electron chi connectivity index (χ1n) is 5.68. The van der Waals surface area contributed by atoms with Crippen LogP contribution in [-0.4, -0.2) is 11.1 Å². The van der Waals surface area contributed by atoms with E-state index in [0.29, 0.717) is 17.7 Å². The molecule has 0 saturated heterocycles. The smallest absolute Gasteiger partial charge is 0.330 e. The van der Waals surface area contributed by atoms with Gasteiger partial charge < -0.3 is 10.4 Å². The van der Waals surface area contributed by atoms with Crippen molar-refractivity contribution in [2.75, 3.05) is 5.32 Å². The van der Waals surface area contributed by atoms with Crippen molar-refractivity contribution >= 4 is 11.7 Å². The Bertz CT molecular complexity index is 609. The minimum atomic E-state index is -1.60. The number of anilines is 1. The molecule has 0 fully saturated rings. The van der Waals surface area contributed by atoms with Crippen molar-refractivity contribution in [3.05, 3.63) is 65.5 Å². The van der Waals surface area contributed by atoms with Gasteiger partial charge in [-0.05, 0) is 5.56 Å². The standard InChI is InChI=1S/C14H10F3NO2/c15-10-6-9(7-11(16)12(10)17)18-13(14(19)20)8-4-2-1-3-5-8/h1-7,13,18H,(H,19,20). The Morgan fingerprint density at radius 1 is 1.05 bits per heavy atom. The van der Waals surface area contributed by atoms with E-state index in [2.05, 4.69) is 5.32 Å². The number of benzene rings is 2. The first-order chi connectivity index (χ1) is 9.49. The minimum absolute atomic E-state index is 0.155. The van der Waals surface area contributed by atoms with Gasteiger partial charge in [0.25, 0.3) is 0 Å². The summed E-state index contributed by atoms with van der Waals surface area (Å²) < 4.78 is 39.0. The molecule has 0 spiro atoms. The summed E-state index contributed by atoms with van der Waals surface area (Å²) in [5.74, 6) is -5.59. The van der Waals surface area contributed by atoms with E-state index in [1.165, 1.54) is 0 Å². The third kappa shape index (κ3) is 2.90. The summed E-state index contributed by atoms with van der Waals surface area (Å²) in [7, 11) is 0. The SMILES string of the molecule is O=C(O)C(Nc1cc(F)c(F)c(F)c1)c1ccccc1. The van der Waals surface area contributed by atoms with Gasteiger partial charge in [-0.2, -0.15) is 0 Å². The van der Waals surface area contributed by atoms with Crippen LogP contribution in [-0.2, 0) is 4.79 Å². The van der Waals surface area contributed by atoms with Crippen molar-refractivity contribution < 1.29 is 23.1 Å². The Morgan fingerprint density at radius 2 is 1.60 bits per heavy atom. The van der Waals surface area contributed by atoms with Crippen LogP contribution in [0.3, 0.4) is 0 Å². The molecule has 2 N–H and O–H groups in total. The molecule has 1 unspecified atom stereocenters. The zero-order valence-electron chi connectivity index (χ0n) is 10.1. The maximum Gasteiger partial charge on any atom is 0.330 e. The monoisotopic (exact) mass is 281 g/mol. The Hall–Kier alpha value is -2.50. The van der Waals surface area contributed by atoms with Crippen LogP contribution in [0.4, 0.5) is 18.9 Å². The molecule has 0 radical (unpaired) electrons. The summed E-state index contributed by atoms with van der Waals surface area (Å²) >= 11 is 0. The molecule has 20 heavy (non-hydrogen) atoms. The van der Waals surface area contributed by atoms with E-state index in [0.717, 1.165) is 0 Å². The molecule has 0 aromatic heterocycles. The highest BCUT2D eigenvalue weighted by Gasteiger charge is 2.20. The summed E-state index contributed by atoms with van der Waals surface area (Å²) in [5.41, 5.74) is 0.253. The largest absolute Gasteiger partial charge is 0.479 e. The number of rotatable bonds is 4. The molecule has 2 rings (SSSR count). The van der Waals surface area contributed by atoms with Gasteiger partial charge >= 0.3 is 5.97 Å². The average Bonchev–Trinajstić information content (AvgIpc) is 2.42. The summed E-state index contributed by atoms with van der Waals surface area (Å²) in [4.78, 5) is 11.2. The topological polar surface area (TPSA) is 49.3 Å². The van der Waals surface area contributed by atoms with Crippen molar-refractivity contribution in [3.8, 4) is 0 Å². The van der Waals surface area contributed by atoms with E-state index >= 15 is 0 Å². The van der Waals surface area contributed by atoms with E-state index in [9.17, 15) is 18.0 Å². The Labute approximate surface area is 112 Å². The molecule has 0 amide bonds. The fourth-order valence-electron chi connectivity index (χ4n) is 1.74. The van der Waals surface area contributed by atoms with E-state index in [1.54, 1.807) is 30.3 Å². The van der Waals surface area contributed by atoms with Crippen molar-refractivity contribution in [1.29, 1.82) is 0 Å². The number of hydrogen-bond acceptors (Lipinski definition) is 2. The molecular formula is C14H10F3NO2. The zero-order valence-corrected chi connectivity index (χ0v) is 10.1. The van der Waals surface area contributed by atoms with Crippen LogP contribution in [0, 0.1) is 17.5 Å². The fourth-order valence-corrected chi connectivity index (χ4v) is 1.74. The molecule has 104 valence electrons. The van der Waals surface area contributed by atoms with E-state index < -0.39 is 29.5 Å². The number of halogens is 3. The first kappa shape index (κ1) is 13.9. The molecule has 6 heteroatoms. The maximum absolute atomic E-state index is 13.1. The third-order valence-electron chi connectivity index (χ3n) is 2.67. The Kier molecular flexibility index (Phi) is 3.93. The quantitative estimate of drug-likeness (QED) is 0.845. The highest BCUT2D eigenvalue weighted by atomic mass is 19.2. The molecule has 0 bridgehead atoms. The fraction of sp³-hybridized carbons (Fsp3) is 0.0714. The lowest BCUT2D eigenvalue weighted by atomic mass is 10.1. The number of nitrogens with one attached hydrogen (secondary N) is 1. The van der Waals surface area contributed by atoms with E-state index in [1.807, 2.05) is 0 Å². The van der Waals surface area contributed by atoms with Gasteiger partial charge in [0.15, 0.2) is 23.5 Å². The second kappa shape index (κ2) is 5.64. The summed E-state index contributed by atoms with van der Waals surface area (Å²) in [6.45, 7) is 0. The normalized spacial score (nSPS) is 11.9. The minimum Gasteiger partial charge on any atom is -0.479 e. The molecule has 2 aromatic carbocycles. The Morgan fingerprint density at radius 3 is 2.10 bits per heavy atom. The van der Waals surface area contributed by atoms with Gasteiger partial charge in [0, 0.05) is 17.8 Å². The van der Waals surface area contributed by atoms with Crippen LogP contribution in [0.2, 0.25) is 0 Å². The summed E-state index contributed by atoms with van der Waals surface area (Å²) in [6, 6.07) is 8.32. The predicted molar refractivity (Wildman–Crippen MR) is 66.8 cm³/mol. The molecule has 0 saturated carbocycles. The molecular weight excluding hydrogens is 271 g/mol. The van der Waals surface area contributed by atoms with Crippen LogP contribution >= 0.6 is 0 Å². The van der Waals surface area contributed by atoms with Gasteiger partial charge in [-0.3, -0.25) is 0 Å². The summed E-state index contributed by atoms with van der Waals surface area (Å²) in [6.07, 6.45) is 0. The maximum atomic E-state index is 13.1. The third-order valence-corrected chi connectivity index (χ3v) is 2.67. The van der Waals surface area contributed by atoms with Gasteiger partial charge in [-0.1, -0.05) is 30.3 Å². The van der Waals surface area contributed by atoms with Crippen LogP contribution in [0.25, 0.3) is 0 Å². The van der Waals surface area contributed by atoms with E-state index in [4.69, 9.17) is 5.11 Å². The molecule has 3 nitrogen and oxygen atoms in total.